The molecule has 7 nitrogen and oxygen atoms in total. The van der Waals surface area contributed by atoms with Crippen molar-refractivity contribution in [2.45, 2.75) is 19.4 Å². The zero-order valence-electron chi connectivity index (χ0n) is 20.2. The molecular weight excluding hydrogens is 477 g/mol. The molecule has 4 aliphatic heterocycles. The lowest BCUT2D eigenvalue weighted by molar-refractivity contribution is -0.144. The van der Waals surface area contributed by atoms with Crippen LogP contribution in [-0.2, 0) is 16.1 Å². The van der Waals surface area contributed by atoms with Crippen molar-refractivity contribution in [1.29, 1.82) is 0 Å². The van der Waals surface area contributed by atoms with Crippen molar-refractivity contribution >= 4 is 33.8 Å². The summed E-state index contributed by atoms with van der Waals surface area (Å²) in [6.07, 6.45) is 6.03. The van der Waals surface area contributed by atoms with E-state index in [1.165, 1.54) is 16.1 Å². The summed E-state index contributed by atoms with van der Waals surface area (Å²) >= 11 is 1.70. The summed E-state index contributed by atoms with van der Waals surface area (Å²) < 4.78 is 20.7. The number of nitrogens with one attached hydrogen (secondary N) is 2. The number of carbonyl (C=O) groups is 1. The Balaban J connectivity index is 1.19. The van der Waals surface area contributed by atoms with Gasteiger partial charge in [-0.1, -0.05) is 0 Å². The van der Waals surface area contributed by atoms with Crippen LogP contribution in [-0.4, -0.2) is 78.2 Å². The third-order valence-electron chi connectivity index (χ3n) is 8.28. The molecule has 3 aromatic rings. The van der Waals surface area contributed by atoms with Crippen molar-refractivity contribution in [2.75, 3.05) is 52.6 Å². The van der Waals surface area contributed by atoms with Crippen molar-refractivity contribution in [3.8, 4) is 10.4 Å². The number of morpholine rings is 1. The van der Waals surface area contributed by atoms with Gasteiger partial charge in [0.05, 0.1) is 37.5 Å². The van der Waals surface area contributed by atoms with Crippen LogP contribution < -0.4 is 5.32 Å². The molecule has 188 valence electrons. The number of nitrogens with zero attached hydrogens (tertiary/aromatic N) is 3. The maximum Gasteiger partial charge on any atom is 0.228 e. The molecule has 4 aliphatic rings. The van der Waals surface area contributed by atoms with Gasteiger partial charge in [0.15, 0.2) is 0 Å². The Kier molecular flexibility index (Phi) is 5.34. The number of hydrogen-bond acceptors (Lipinski definition) is 6. The molecule has 9 heteroatoms. The second-order valence-electron chi connectivity index (χ2n) is 10.4. The number of hydrogen-bond donors (Lipinski definition) is 2. The van der Waals surface area contributed by atoms with Crippen LogP contribution in [0.25, 0.3) is 27.0 Å². The van der Waals surface area contributed by atoms with E-state index < -0.39 is 0 Å². The van der Waals surface area contributed by atoms with Gasteiger partial charge < -0.3 is 24.8 Å². The number of aromatic nitrogens is 1. The fourth-order valence-corrected chi connectivity index (χ4v) is 7.31. The van der Waals surface area contributed by atoms with Crippen LogP contribution >= 0.6 is 11.3 Å². The Morgan fingerprint density at radius 3 is 2.69 bits per heavy atom. The number of carbonyl (C=O) groups excluding carboxylic acids is 1. The summed E-state index contributed by atoms with van der Waals surface area (Å²) in [5, 5.41) is 3.85. The van der Waals surface area contributed by atoms with E-state index in [9.17, 15) is 4.79 Å². The van der Waals surface area contributed by atoms with Gasteiger partial charge in [0, 0.05) is 76.9 Å². The number of H-pyrrole nitrogens is 1. The fourth-order valence-electron chi connectivity index (χ4n) is 6.06. The highest BCUT2D eigenvalue weighted by atomic mass is 32.1. The topological polar surface area (TPSA) is 63.8 Å². The number of fused-ring (bicyclic) bond motifs is 2. The van der Waals surface area contributed by atoms with E-state index >= 15 is 4.39 Å². The number of piperidine rings is 1. The highest BCUT2D eigenvalue weighted by Crippen LogP contribution is 2.43. The largest absolute Gasteiger partial charge is 0.378 e. The number of aromatic amines is 1. The molecule has 0 unspecified atom stereocenters. The second kappa shape index (κ2) is 8.61. The molecule has 1 amide bonds. The van der Waals surface area contributed by atoms with Crippen LogP contribution in [0.5, 0.6) is 0 Å². The number of β-lactam (4-membered cyclic amide) rings is 1. The minimum Gasteiger partial charge on any atom is -0.378 e. The van der Waals surface area contributed by atoms with Crippen molar-refractivity contribution < 1.29 is 13.9 Å². The van der Waals surface area contributed by atoms with Crippen molar-refractivity contribution in [3.05, 3.63) is 52.9 Å². The normalized spacial score (nSPS) is 21.9. The quantitative estimate of drug-likeness (QED) is 0.528. The average molecular weight is 508 g/mol. The standard InChI is InChI=1S/C27H30FN5O2S/c28-20-1-2-21-18(3-6-29-21)25(20)23-13-19-22(33-9-11-35-12-10-33)14-32(15-24(19)36-23)17-31-7-4-27(5-8-31)16-30-26(27)34/h1-3,6,13-14,29H,4-5,7-12,15-17H2,(H,30,34). The molecule has 0 radical (unpaired) electrons. The average Bonchev–Trinajstić information content (AvgIpc) is 3.55. The zero-order valence-corrected chi connectivity index (χ0v) is 21.0. The zero-order chi connectivity index (χ0) is 24.3. The predicted octanol–water partition coefficient (Wildman–Crippen LogP) is 3.65. The van der Waals surface area contributed by atoms with Gasteiger partial charge in [-0.3, -0.25) is 9.69 Å². The lowest BCUT2D eigenvalue weighted by Crippen LogP contribution is -2.63. The first-order valence-corrected chi connectivity index (χ1v) is 13.6. The monoisotopic (exact) mass is 507 g/mol. The molecular formula is C27H30FN5O2S. The molecule has 2 N–H and O–H groups in total. The minimum atomic E-state index is -0.184. The van der Waals surface area contributed by atoms with Crippen molar-refractivity contribution in [1.82, 2.24) is 25.0 Å². The molecule has 2 aromatic heterocycles. The van der Waals surface area contributed by atoms with Gasteiger partial charge in [-0.2, -0.15) is 0 Å². The van der Waals surface area contributed by atoms with E-state index in [2.05, 4.69) is 37.3 Å². The highest BCUT2D eigenvalue weighted by molar-refractivity contribution is 7.15. The number of halogens is 1. The fraction of sp³-hybridized carbons (Fsp3) is 0.444. The summed E-state index contributed by atoms with van der Waals surface area (Å²) in [4.78, 5) is 24.8. The van der Waals surface area contributed by atoms with E-state index in [0.717, 1.165) is 87.8 Å². The minimum absolute atomic E-state index is 0.119. The van der Waals surface area contributed by atoms with Crippen molar-refractivity contribution in [2.24, 2.45) is 5.41 Å². The molecule has 6 heterocycles. The lowest BCUT2D eigenvalue weighted by Gasteiger charge is -2.47. The van der Waals surface area contributed by atoms with E-state index in [4.69, 9.17) is 4.74 Å². The van der Waals surface area contributed by atoms with Crippen LogP contribution in [0.2, 0.25) is 0 Å². The Hall–Kier alpha value is -2.88. The third-order valence-corrected chi connectivity index (χ3v) is 9.42. The Morgan fingerprint density at radius 1 is 1.11 bits per heavy atom. The summed E-state index contributed by atoms with van der Waals surface area (Å²) in [6, 6.07) is 7.51. The number of benzene rings is 1. The van der Waals surface area contributed by atoms with E-state index in [1.807, 2.05) is 12.3 Å². The summed E-state index contributed by atoms with van der Waals surface area (Å²) in [6.45, 7) is 7.49. The number of likely N-dealkylation sites (tertiary alicyclic amines) is 1. The predicted molar refractivity (Wildman–Crippen MR) is 139 cm³/mol. The number of thiophene rings is 1. The summed E-state index contributed by atoms with van der Waals surface area (Å²) in [5.74, 6) is 0.0479. The molecule has 36 heavy (non-hydrogen) atoms. The van der Waals surface area contributed by atoms with Crippen molar-refractivity contribution in [3.63, 3.8) is 0 Å². The van der Waals surface area contributed by atoms with Gasteiger partial charge in [-0.15, -0.1) is 11.3 Å². The number of ether oxygens (including phenoxy) is 1. The highest BCUT2D eigenvalue weighted by Gasteiger charge is 2.47. The van der Waals surface area contributed by atoms with E-state index in [-0.39, 0.29) is 17.1 Å². The first kappa shape index (κ1) is 22.3. The van der Waals surface area contributed by atoms with Gasteiger partial charge in [0.1, 0.15) is 5.82 Å². The first-order chi connectivity index (χ1) is 17.6. The molecule has 0 bridgehead atoms. The molecule has 3 fully saturated rings. The van der Waals surface area contributed by atoms with Crippen LogP contribution in [0, 0.1) is 11.2 Å². The lowest BCUT2D eigenvalue weighted by atomic mass is 9.73. The van der Waals surface area contributed by atoms with Gasteiger partial charge in [-0.25, -0.2) is 4.39 Å². The SMILES string of the molecule is O=C1NCC12CCN(CN1C=C(N3CCOCC3)c3cc(-c4c(F)ccc5[nH]ccc45)sc3C1)CC2. The van der Waals surface area contributed by atoms with Crippen LogP contribution in [0.15, 0.2) is 36.7 Å². The maximum absolute atomic E-state index is 15.1. The number of rotatable bonds is 4. The van der Waals surface area contributed by atoms with Gasteiger partial charge in [-0.05, 0) is 37.1 Å². The van der Waals surface area contributed by atoms with Crippen LogP contribution in [0.3, 0.4) is 0 Å². The molecule has 0 saturated carbocycles. The number of amides is 1. The molecule has 3 saturated heterocycles. The Morgan fingerprint density at radius 2 is 1.94 bits per heavy atom. The summed E-state index contributed by atoms with van der Waals surface area (Å²) in [5.41, 5.74) is 3.93. The van der Waals surface area contributed by atoms with Crippen LogP contribution in [0.4, 0.5) is 4.39 Å². The molecule has 1 spiro atoms. The van der Waals surface area contributed by atoms with Gasteiger partial charge in [0.2, 0.25) is 5.91 Å². The van der Waals surface area contributed by atoms with E-state index in [0.29, 0.717) is 5.56 Å². The third kappa shape index (κ3) is 3.64. The second-order valence-corrected chi connectivity index (χ2v) is 11.5. The van der Waals surface area contributed by atoms with E-state index in [1.54, 1.807) is 23.5 Å². The molecule has 7 rings (SSSR count). The smallest absolute Gasteiger partial charge is 0.228 e. The Labute approximate surface area is 213 Å². The Bertz CT molecular complexity index is 1350. The van der Waals surface area contributed by atoms with Gasteiger partial charge >= 0.3 is 0 Å². The van der Waals surface area contributed by atoms with Gasteiger partial charge in [0.25, 0.3) is 0 Å². The maximum atomic E-state index is 15.1. The molecule has 1 aromatic carbocycles. The molecule has 0 aliphatic carbocycles. The van der Waals surface area contributed by atoms with Crippen LogP contribution in [0.1, 0.15) is 23.3 Å². The summed E-state index contributed by atoms with van der Waals surface area (Å²) in [7, 11) is 0. The first-order valence-electron chi connectivity index (χ1n) is 12.8. The molecule has 0 atom stereocenters.